The van der Waals surface area contributed by atoms with Crippen molar-refractivity contribution in [3.8, 4) is 0 Å². The molecule has 0 N–H and O–H groups in total. The molecule has 0 aromatic rings. The first-order valence-electron chi connectivity index (χ1n) is 35.7. The smallest absolute Gasteiger partial charge is 0.306 e. The van der Waals surface area contributed by atoms with Crippen molar-refractivity contribution in [1.29, 1.82) is 0 Å². The summed E-state index contributed by atoms with van der Waals surface area (Å²) >= 11 is 0. The van der Waals surface area contributed by atoms with Crippen LogP contribution in [0.2, 0.25) is 0 Å². The molecule has 0 saturated heterocycles. The number of unbranched alkanes of at least 4 members (excludes halogenated alkanes) is 38. The van der Waals surface area contributed by atoms with Gasteiger partial charge in [0, 0.05) is 19.3 Å². The topological polar surface area (TPSA) is 78.9 Å². The van der Waals surface area contributed by atoms with Gasteiger partial charge in [-0.05, 0) is 83.5 Å². The van der Waals surface area contributed by atoms with Crippen LogP contribution in [0.3, 0.4) is 0 Å². The summed E-state index contributed by atoms with van der Waals surface area (Å²) in [4.78, 5) is 38.3. The largest absolute Gasteiger partial charge is 0.462 e. The highest BCUT2D eigenvalue weighted by Gasteiger charge is 2.19. The lowest BCUT2D eigenvalue weighted by atomic mass is 10.0. The Morgan fingerprint density at radius 1 is 0.253 bits per heavy atom. The minimum Gasteiger partial charge on any atom is -0.462 e. The van der Waals surface area contributed by atoms with Crippen molar-refractivity contribution in [3.63, 3.8) is 0 Å². The second-order valence-corrected chi connectivity index (χ2v) is 23.8. The monoisotopic (exact) mass is 1160 g/mol. The average Bonchev–Trinajstić information content (AvgIpc) is 3.49. The first-order chi connectivity index (χ1) is 41.0. The molecule has 0 fully saturated rings. The van der Waals surface area contributed by atoms with Gasteiger partial charge >= 0.3 is 17.9 Å². The molecule has 478 valence electrons. The fourth-order valence-electron chi connectivity index (χ4n) is 10.3. The van der Waals surface area contributed by atoms with Crippen molar-refractivity contribution in [3.05, 3.63) is 97.2 Å². The quantitative estimate of drug-likeness (QED) is 0.0261. The molecule has 0 aromatic carbocycles. The number of carbonyl (C=O) groups excluding carboxylic acids is 3. The number of hydrogen-bond acceptors (Lipinski definition) is 6. The van der Waals surface area contributed by atoms with Gasteiger partial charge in [-0.25, -0.2) is 0 Å². The molecule has 6 nitrogen and oxygen atoms in total. The van der Waals surface area contributed by atoms with Gasteiger partial charge in [0.05, 0.1) is 0 Å². The summed E-state index contributed by atoms with van der Waals surface area (Å²) in [6, 6.07) is 0. The minimum absolute atomic E-state index is 0.0814. The lowest BCUT2D eigenvalue weighted by molar-refractivity contribution is -0.167. The summed E-state index contributed by atoms with van der Waals surface area (Å²) in [5.41, 5.74) is 0. The molecule has 0 aliphatic heterocycles. The highest BCUT2D eigenvalue weighted by atomic mass is 16.6. The van der Waals surface area contributed by atoms with E-state index in [2.05, 4.69) is 118 Å². The molecule has 0 rings (SSSR count). The standard InChI is InChI=1S/C77H134O6/c1-4-7-10-13-16-19-22-24-26-28-30-32-34-36-38-39-40-42-43-45-47-49-51-53-55-58-61-64-67-70-76(79)82-73-74(72-81-75(78)69-66-63-60-57-21-18-15-12-9-6-3)83-77(80)71-68-65-62-59-56-54-52-50-48-46-44-41-37-35-33-31-29-27-25-23-20-17-14-11-8-5-2/h7,10,16,19,24,26,30,32,36,38,40,42,45,47,51,53,74H,4-6,8-9,11-15,17-18,20-23,25,27-29,31,33-35,37,39,41,43-44,46,48-50,52,54-73H2,1-3H3/b10-7-,19-16-,26-24-,32-30-,38-36-,42-40-,47-45-,53-51-. The summed E-state index contributed by atoms with van der Waals surface area (Å²) < 4.78 is 16.9. The van der Waals surface area contributed by atoms with Crippen LogP contribution in [0.25, 0.3) is 0 Å². The van der Waals surface area contributed by atoms with E-state index in [9.17, 15) is 14.4 Å². The van der Waals surface area contributed by atoms with Crippen LogP contribution in [-0.2, 0) is 28.6 Å². The van der Waals surface area contributed by atoms with Gasteiger partial charge in [0.15, 0.2) is 6.10 Å². The molecule has 0 saturated carbocycles. The Morgan fingerprint density at radius 2 is 0.470 bits per heavy atom. The molecule has 0 amide bonds. The van der Waals surface area contributed by atoms with E-state index in [0.29, 0.717) is 19.3 Å². The van der Waals surface area contributed by atoms with Crippen LogP contribution in [0.5, 0.6) is 0 Å². The highest BCUT2D eigenvalue weighted by molar-refractivity contribution is 5.71. The van der Waals surface area contributed by atoms with Crippen LogP contribution in [0.4, 0.5) is 0 Å². The minimum atomic E-state index is -0.787. The lowest BCUT2D eigenvalue weighted by Crippen LogP contribution is -2.30. The Balaban J connectivity index is 4.24. The summed E-state index contributed by atoms with van der Waals surface area (Å²) in [6.07, 6.45) is 95.9. The van der Waals surface area contributed by atoms with Crippen LogP contribution >= 0.6 is 0 Å². The van der Waals surface area contributed by atoms with E-state index in [1.165, 1.54) is 193 Å². The van der Waals surface area contributed by atoms with Crippen molar-refractivity contribution in [1.82, 2.24) is 0 Å². The zero-order chi connectivity index (χ0) is 59.9. The molecule has 1 unspecified atom stereocenters. The molecule has 0 aromatic heterocycles. The molecule has 0 bridgehead atoms. The van der Waals surface area contributed by atoms with Crippen molar-refractivity contribution in [2.75, 3.05) is 13.2 Å². The number of ether oxygens (including phenoxy) is 3. The van der Waals surface area contributed by atoms with Gasteiger partial charge in [0.1, 0.15) is 13.2 Å². The summed E-state index contributed by atoms with van der Waals surface area (Å²) in [6.45, 7) is 6.54. The summed E-state index contributed by atoms with van der Waals surface area (Å²) in [5.74, 6) is -0.892. The normalized spacial score (nSPS) is 12.7. The van der Waals surface area contributed by atoms with E-state index in [-0.39, 0.29) is 31.1 Å². The first-order valence-corrected chi connectivity index (χ1v) is 35.7. The van der Waals surface area contributed by atoms with Gasteiger partial charge in [0.25, 0.3) is 0 Å². The number of esters is 3. The number of hydrogen-bond donors (Lipinski definition) is 0. The van der Waals surface area contributed by atoms with Crippen LogP contribution in [-0.4, -0.2) is 37.2 Å². The van der Waals surface area contributed by atoms with Crippen LogP contribution in [0.1, 0.15) is 355 Å². The summed E-state index contributed by atoms with van der Waals surface area (Å²) in [7, 11) is 0. The fraction of sp³-hybridized carbons (Fsp3) is 0.753. The maximum Gasteiger partial charge on any atom is 0.306 e. The molecule has 1 atom stereocenters. The number of rotatable bonds is 65. The van der Waals surface area contributed by atoms with E-state index in [1.54, 1.807) is 0 Å². The Bertz CT molecular complexity index is 1610. The predicted molar refractivity (Wildman–Crippen MR) is 362 cm³/mol. The number of carbonyl (C=O) groups is 3. The number of allylic oxidation sites excluding steroid dienone is 16. The molecular formula is C77H134O6. The fourth-order valence-corrected chi connectivity index (χ4v) is 10.3. The van der Waals surface area contributed by atoms with Gasteiger partial charge in [-0.2, -0.15) is 0 Å². The van der Waals surface area contributed by atoms with Crippen molar-refractivity contribution < 1.29 is 28.6 Å². The van der Waals surface area contributed by atoms with E-state index >= 15 is 0 Å². The van der Waals surface area contributed by atoms with E-state index in [4.69, 9.17) is 14.2 Å². The van der Waals surface area contributed by atoms with Gasteiger partial charge in [-0.15, -0.1) is 0 Å². The molecule has 0 aliphatic rings. The third-order valence-electron chi connectivity index (χ3n) is 15.6. The SMILES string of the molecule is CC/C=C\C/C=C\C/C=C\C/C=C\C/C=C\C/C=C\C/C=C\C/C=C\CCCCCCC(=O)OCC(COC(=O)CCCCCCCCCCCC)OC(=O)CCCCCCCCCCCCCCCCCCCCCCCCCCCC. The molecule has 0 radical (unpaired) electrons. The average molecular weight is 1160 g/mol. The van der Waals surface area contributed by atoms with Crippen molar-refractivity contribution in [2.24, 2.45) is 0 Å². The van der Waals surface area contributed by atoms with Gasteiger partial charge in [0.2, 0.25) is 0 Å². The maximum absolute atomic E-state index is 12.9. The van der Waals surface area contributed by atoms with E-state index in [0.717, 1.165) is 122 Å². The van der Waals surface area contributed by atoms with Gasteiger partial charge < -0.3 is 14.2 Å². The maximum atomic E-state index is 12.9. The highest BCUT2D eigenvalue weighted by Crippen LogP contribution is 2.18. The lowest BCUT2D eigenvalue weighted by Gasteiger charge is -2.18. The molecule has 0 heterocycles. The van der Waals surface area contributed by atoms with E-state index in [1.807, 2.05) is 0 Å². The van der Waals surface area contributed by atoms with Crippen LogP contribution in [0, 0.1) is 0 Å². The van der Waals surface area contributed by atoms with Gasteiger partial charge in [-0.1, -0.05) is 349 Å². The zero-order valence-electron chi connectivity index (χ0n) is 54.9. The van der Waals surface area contributed by atoms with Crippen LogP contribution in [0.15, 0.2) is 97.2 Å². The molecule has 0 aliphatic carbocycles. The van der Waals surface area contributed by atoms with Crippen molar-refractivity contribution >= 4 is 17.9 Å². The van der Waals surface area contributed by atoms with Gasteiger partial charge in [-0.3, -0.25) is 14.4 Å². The Labute approximate surface area is 515 Å². The Kier molecular flexibility index (Phi) is 67.7. The third-order valence-corrected chi connectivity index (χ3v) is 15.6. The van der Waals surface area contributed by atoms with Crippen LogP contribution < -0.4 is 0 Å². The second kappa shape index (κ2) is 70.8. The second-order valence-electron chi connectivity index (χ2n) is 23.8. The molecule has 6 heteroatoms. The zero-order valence-corrected chi connectivity index (χ0v) is 54.9. The molecule has 0 spiro atoms. The molecule has 83 heavy (non-hydrogen) atoms. The summed E-state index contributed by atoms with van der Waals surface area (Å²) in [5, 5.41) is 0. The van der Waals surface area contributed by atoms with Crippen molar-refractivity contribution in [2.45, 2.75) is 361 Å². The third kappa shape index (κ3) is 69.0. The predicted octanol–water partition coefficient (Wildman–Crippen LogP) is 24.8. The molecular weight excluding hydrogens is 1020 g/mol. The van der Waals surface area contributed by atoms with E-state index < -0.39 is 6.10 Å². The Morgan fingerprint density at radius 3 is 0.735 bits per heavy atom. The Hall–Kier alpha value is -3.67. The first kappa shape index (κ1) is 79.3.